The van der Waals surface area contributed by atoms with Crippen molar-refractivity contribution in [2.45, 2.75) is 66.7 Å². The van der Waals surface area contributed by atoms with E-state index in [2.05, 4.69) is 84.0 Å². The summed E-state index contributed by atoms with van der Waals surface area (Å²) in [6, 6.07) is 13.7. The van der Waals surface area contributed by atoms with Crippen LogP contribution in [0.3, 0.4) is 0 Å². The third-order valence-electron chi connectivity index (χ3n) is 6.33. The van der Waals surface area contributed by atoms with Gasteiger partial charge in [-0.05, 0) is 101 Å². The average Bonchev–Trinajstić information content (AvgIpc) is 3.28. The molecule has 0 saturated heterocycles. The standard InChI is InChI=1S/C28H32O/c1-16(2)21-11-22(17(3)4)13-25(12-21)28-20(7)18(5)10-23-14-24(15-26(23)28)27-9-8-19(6)29-27/h8-13,15-17H,14H2,1-7H3. The van der Waals surface area contributed by atoms with Crippen LogP contribution in [0.15, 0.2) is 40.8 Å². The molecule has 0 fully saturated rings. The molecule has 1 heterocycles. The summed E-state index contributed by atoms with van der Waals surface area (Å²) in [5.41, 5.74) is 12.4. The van der Waals surface area contributed by atoms with Crippen LogP contribution in [0.5, 0.6) is 0 Å². The third-order valence-corrected chi connectivity index (χ3v) is 6.33. The second-order valence-corrected chi connectivity index (χ2v) is 9.22. The van der Waals surface area contributed by atoms with E-state index in [4.69, 9.17) is 4.42 Å². The van der Waals surface area contributed by atoms with Crippen molar-refractivity contribution in [2.24, 2.45) is 0 Å². The molecule has 0 unspecified atom stereocenters. The Morgan fingerprint density at radius 2 is 1.48 bits per heavy atom. The Balaban J connectivity index is 1.93. The number of allylic oxidation sites excluding steroid dienone is 1. The minimum absolute atomic E-state index is 0.516. The molecule has 29 heavy (non-hydrogen) atoms. The highest BCUT2D eigenvalue weighted by molar-refractivity contribution is 5.94. The van der Waals surface area contributed by atoms with Crippen molar-refractivity contribution in [1.82, 2.24) is 0 Å². The number of rotatable bonds is 4. The zero-order valence-corrected chi connectivity index (χ0v) is 18.8. The predicted octanol–water partition coefficient (Wildman–Crippen LogP) is 8.22. The Labute approximate surface area is 175 Å². The number of furan rings is 1. The van der Waals surface area contributed by atoms with E-state index in [1.165, 1.54) is 50.1 Å². The Morgan fingerprint density at radius 1 is 0.828 bits per heavy atom. The molecule has 0 spiro atoms. The van der Waals surface area contributed by atoms with E-state index in [0.717, 1.165) is 17.9 Å². The molecule has 150 valence electrons. The Hall–Kier alpha value is -2.54. The summed E-state index contributed by atoms with van der Waals surface area (Å²) >= 11 is 0. The first-order valence-electron chi connectivity index (χ1n) is 10.8. The first kappa shape index (κ1) is 19.8. The fraction of sp³-hybridized carbons (Fsp3) is 0.357. The fourth-order valence-corrected chi connectivity index (χ4v) is 4.37. The number of benzene rings is 2. The lowest BCUT2D eigenvalue weighted by Crippen LogP contribution is -1.99. The van der Waals surface area contributed by atoms with Gasteiger partial charge in [-0.2, -0.15) is 0 Å². The van der Waals surface area contributed by atoms with Gasteiger partial charge in [-0.1, -0.05) is 52.0 Å². The van der Waals surface area contributed by atoms with E-state index in [-0.39, 0.29) is 0 Å². The Morgan fingerprint density at radius 3 is 2.03 bits per heavy atom. The molecule has 0 aliphatic heterocycles. The molecule has 1 aliphatic carbocycles. The largest absolute Gasteiger partial charge is 0.462 e. The average molecular weight is 385 g/mol. The first-order chi connectivity index (χ1) is 13.7. The van der Waals surface area contributed by atoms with Gasteiger partial charge in [0.2, 0.25) is 0 Å². The summed E-state index contributed by atoms with van der Waals surface area (Å²) < 4.78 is 5.94. The summed E-state index contributed by atoms with van der Waals surface area (Å²) in [7, 11) is 0. The molecule has 0 amide bonds. The molecule has 1 nitrogen and oxygen atoms in total. The summed E-state index contributed by atoms with van der Waals surface area (Å²) in [5.74, 6) is 3.00. The quantitative estimate of drug-likeness (QED) is 0.441. The van der Waals surface area contributed by atoms with Gasteiger partial charge in [0.05, 0.1) is 0 Å². The predicted molar refractivity (Wildman–Crippen MR) is 125 cm³/mol. The Bertz CT molecular complexity index is 1080. The minimum atomic E-state index is 0.516. The van der Waals surface area contributed by atoms with Gasteiger partial charge in [-0.3, -0.25) is 0 Å². The van der Waals surface area contributed by atoms with Gasteiger partial charge < -0.3 is 4.42 Å². The van der Waals surface area contributed by atoms with E-state index in [1.54, 1.807) is 0 Å². The highest BCUT2D eigenvalue weighted by atomic mass is 16.3. The lowest BCUT2D eigenvalue weighted by molar-refractivity contribution is 0.521. The zero-order chi connectivity index (χ0) is 20.9. The van der Waals surface area contributed by atoms with Gasteiger partial charge in [0.15, 0.2) is 0 Å². The van der Waals surface area contributed by atoms with Gasteiger partial charge in [0.1, 0.15) is 11.5 Å². The van der Waals surface area contributed by atoms with Crippen LogP contribution in [0, 0.1) is 20.8 Å². The van der Waals surface area contributed by atoms with Gasteiger partial charge in [-0.25, -0.2) is 0 Å². The van der Waals surface area contributed by atoms with E-state index in [9.17, 15) is 0 Å². The topological polar surface area (TPSA) is 13.1 Å². The monoisotopic (exact) mass is 384 g/mol. The fourth-order valence-electron chi connectivity index (χ4n) is 4.37. The van der Waals surface area contributed by atoms with Crippen molar-refractivity contribution < 1.29 is 4.42 Å². The van der Waals surface area contributed by atoms with Crippen LogP contribution in [-0.2, 0) is 6.42 Å². The molecule has 0 N–H and O–H groups in total. The van der Waals surface area contributed by atoms with E-state index < -0.39 is 0 Å². The number of hydrogen-bond acceptors (Lipinski definition) is 1. The van der Waals surface area contributed by atoms with Gasteiger partial charge >= 0.3 is 0 Å². The summed E-state index contributed by atoms with van der Waals surface area (Å²) in [4.78, 5) is 0. The van der Waals surface area contributed by atoms with Crippen LogP contribution in [-0.4, -0.2) is 0 Å². The lowest BCUT2D eigenvalue weighted by Gasteiger charge is -2.19. The van der Waals surface area contributed by atoms with Crippen molar-refractivity contribution in [3.05, 3.63) is 81.3 Å². The van der Waals surface area contributed by atoms with Crippen molar-refractivity contribution in [2.75, 3.05) is 0 Å². The molecule has 3 aromatic rings. The molecule has 1 heteroatoms. The number of hydrogen-bond donors (Lipinski definition) is 0. The van der Waals surface area contributed by atoms with Crippen molar-refractivity contribution in [3.8, 4) is 11.1 Å². The van der Waals surface area contributed by atoms with Crippen molar-refractivity contribution >= 4 is 11.6 Å². The SMILES string of the molecule is Cc1ccc(C2=Cc3c(cc(C)c(C)c3-c3cc(C(C)C)cc(C(C)C)c3)C2)o1. The second-order valence-electron chi connectivity index (χ2n) is 9.22. The second kappa shape index (κ2) is 7.37. The molecule has 4 rings (SSSR count). The molecular weight excluding hydrogens is 352 g/mol. The summed E-state index contributed by atoms with van der Waals surface area (Å²) in [6.07, 6.45) is 3.30. The number of fused-ring (bicyclic) bond motifs is 1. The van der Waals surface area contributed by atoms with Gasteiger partial charge in [-0.15, -0.1) is 0 Å². The van der Waals surface area contributed by atoms with Crippen LogP contribution in [0.4, 0.5) is 0 Å². The van der Waals surface area contributed by atoms with Crippen LogP contribution in [0.25, 0.3) is 22.8 Å². The van der Waals surface area contributed by atoms with Crippen LogP contribution in [0.2, 0.25) is 0 Å². The molecule has 0 saturated carbocycles. The van der Waals surface area contributed by atoms with Gasteiger partial charge in [0.25, 0.3) is 0 Å². The van der Waals surface area contributed by atoms with Gasteiger partial charge in [0, 0.05) is 6.42 Å². The maximum Gasteiger partial charge on any atom is 0.130 e. The zero-order valence-electron chi connectivity index (χ0n) is 18.8. The van der Waals surface area contributed by atoms with Crippen LogP contribution < -0.4 is 0 Å². The molecular formula is C28H32O. The van der Waals surface area contributed by atoms with Crippen LogP contribution in [0.1, 0.15) is 84.4 Å². The van der Waals surface area contributed by atoms with E-state index in [1.807, 2.05) is 6.92 Å². The minimum Gasteiger partial charge on any atom is -0.462 e. The van der Waals surface area contributed by atoms with Crippen molar-refractivity contribution in [3.63, 3.8) is 0 Å². The third kappa shape index (κ3) is 3.59. The van der Waals surface area contributed by atoms with Crippen LogP contribution >= 0.6 is 0 Å². The molecule has 0 radical (unpaired) electrons. The molecule has 1 aromatic heterocycles. The maximum absolute atomic E-state index is 5.94. The van der Waals surface area contributed by atoms with E-state index in [0.29, 0.717) is 11.8 Å². The van der Waals surface area contributed by atoms with E-state index >= 15 is 0 Å². The molecule has 0 bridgehead atoms. The normalized spacial score (nSPS) is 13.3. The lowest BCUT2D eigenvalue weighted by atomic mass is 9.85. The summed E-state index contributed by atoms with van der Waals surface area (Å²) in [5, 5.41) is 0. The summed E-state index contributed by atoms with van der Waals surface area (Å²) in [6.45, 7) is 15.7. The highest BCUT2D eigenvalue weighted by Crippen LogP contribution is 2.42. The molecule has 0 atom stereocenters. The smallest absolute Gasteiger partial charge is 0.130 e. The Kier molecular flexibility index (Phi) is 5.02. The van der Waals surface area contributed by atoms with Crippen molar-refractivity contribution in [1.29, 1.82) is 0 Å². The number of aryl methyl sites for hydroxylation is 2. The molecule has 2 aromatic carbocycles. The maximum atomic E-state index is 5.94. The molecule has 1 aliphatic rings. The first-order valence-corrected chi connectivity index (χ1v) is 10.8. The highest BCUT2D eigenvalue weighted by Gasteiger charge is 2.23.